The highest BCUT2D eigenvalue weighted by Gasteiger charge is 2.05. The summed E-state index contributed by atoms with van der Waals surface area (Å²) in [6.07, 6.45) is 0. The second-order valence-electron chi connectivity index (χ2n) is 4.12. The van der Waals surface area contributed by atoms with Crippen LogP contribution in [0.15, 0.2) is 5.16 Å². The lowest BCUT2D eigenvalue weighted by Gasteiger charge is -2.07. The average Bonchev–Trinajstić information content (AvgIpc) is 2.72. The lowest BCUT2D eigenvalue weighted by molar-refractivity contribution is 0.218. The van der Waals surface area contributed by atoms with E-state index in [-0.39, 0.29) is 0 Å². The third-order valence-corrected chi connectivity index (χ3v) is 2.99. The van der Waals surface area contributed by atoms with Gasteiger partial charge < -0.3 is 10.1 Å². The number of nitrogens with zero attached hydrogens (tertiary/aromatic N) is 4. The highest BCUT2D eigenvalue weighted by Crippen LogP contribution is 2.12. The summed E-state index contributed by atoms with van der Waals surface area (Å²) in [7, 11) is 1.69. The molecule has 0 saturated carbocycles. The summed E-state index contributed by atoms with van der Waals surface area (Å²) in [6, 6.07) is 0. The number of ether oxygens (including phenoxy) is 1. The van der Waals surface area contributed by atoms with E-state index < -0.39 is 0 Å². The van der Waals surface area contributed by atoms with Crippen molar-refractivity contribution in [2.45, 2.75) is 25.5 Å². The van der Waals surface area contributed by atoms with Gasteiger partial charge in [-0.15, -0.1) is 5.10 Å². The molecular formula is C10H21N5OS. The zero-order chi connectivity index (χ0) is 12.5. The average molecular weight is 259 g/mol. The van der Waals surface area contributed by atoms with E-state index in [4.69, 9.17) is 4.74 Å². The molecule has 98 valence electrons. The number of nitrogens with one attached hydrogen (secondary N) is 1. The molecule has 1 rings (SSSR count). The summed E-state index contributed by atoms with van der Waals surface area (Å²) >= 11 is 1.62. The van der Waals surface area contributed by atoms with Crippen molar-refractivity contribution >= 4 is 11.8 Å². The number of aromatic nitrogens is 4. The molecule has 1 aromatic rings. The first-order valence-electron chi connectivity index (χ1n) is 5.82. The molecule has 0 fully saturated rings. The molecule has 0 saturated heterocycles. The molecule has 0 amide bonds. The van der Waals surface area contributed by atoms with Crippen molar-refractivity contribution < 1.29 is 4.74 Å². The lowest BCUT2D eigenvalue weighted by atomic mass is 10.2. The zero-order valence-corrected chi connectivity index (χ0v) is 11.5. The predicted octanol–water partition coefficient (Wildman–Crippen LogP) is 0.657. The first kappa shape index (κ1) is 14.4. The Kier molecular flexibility index (Phi) is 7.14. The molecule has 0 atom stereocenters. The molecule has 1 heterocycles. The van der Waals surface area contributed by atoms with Gasteiger partial charge in [-0.1, -0.05) is 25.6 Å². The summed E-state index contributed by atoms with van der Waals surface area (Å²) in [5.74, 6) is 1.54. The summed E-state index contributed by atoms with van der Waals surface area (Å²) in [5.41, 5.74) is 0. The molecule has 0 aromatic carbocycles. The van der Waals surface area contributed by atoms with Crippen LogP contribution >= 0.6 is 11.8 Å². The third-order valence-electron chi connectivity index (χ3n) is 2.07. The molecule has 1 aromatic heterocycles. The number of thioether (sulfide) groups is 1. The van der Waals surface area contributed by atoms with Crippen molar-refractivity contribution in [3.8, 4) is 0 Å². The smallest absolute Gasteiger partial charge is 0.209 e. The Balaban J connectivity index is 2.25. The Labute approximate surface area is 106 Å². The molecule has 0 spiro atoms. The molecule has 7 heteroatoms. The predicted molar refractivity (Wildman–Crippen MR) is 68.1 cm³/mol. The largest absolute Gasteiger partial charge is 0.384 e. The molecule has 0 unspecified atom stereocenters. The molecule has 6 nitrogen and oxygen atoms in total. The van der Waals surface area contributed by atoms with E-state index in [2.05, 4.69) is 34.7 Å². The fourth-order valence-corrected chi connectivity index (χ4v) is 2.04. The van der Waals surface area contributed by atoms with Crippen LogP contribution in [0, 0.1) is 5.92 Å². The van der Waals surface area contributed by atoms with Crippen LogP contribution in [0.25, 0.3) is 0 Å². The molecule has 1 N–H and O–H groups in total. The Morgan fingerprint density at radius 2 is 2.29 bits per heavy atom. The Morgan fingerprint density at radius 1 is 1.47 bits per heavy atom. The van der Waals surface area contributed by atoms with Gasteiger partial charge in [-0.2, -0.15) is 0 Å². The van der Waals surface area contributed by atoms with Crippen LogP contribution in [0.4, 0.5) is 0 Å². The SMILES string of the molecule is COCCSc1nnnn1CCNCC(C)C. The monoisotopic (exact) mass is 259 g/mol. The fourth-order valence-electron chi connectivity index (χ4n) is 1.23. The van der Waals surface area contributed by atoms with Gasteiger partial charge in [-0.3, -0.25) is 0 Å². The normalized spacial score (nSPS) is 11.3. The van der Waals surface area contributed by atoms with Gasteiger partial charge in [0.2, 0.25) is 5.16 Å². The van der Waals surface area contributed by atoms with Gasteiger partial charge in [0.25, 0.3) is 0 Å². The lowest BCUT2D eigenvalue weighted by Crippen LogP contribution is -2.24. The first-order valence-corrected chi connectivity index (χ1v) is 6.81. The van der Waals surface area contributed by atoms with Gasteiger partial charge in [0.15, 0.2) is 0 Å². The van der Waals surface area contributed by atoms with Crippen LogP contribution in [0.5, 0.6) is 0 Å². The van der Waals surface area contributed by atoms with E-state index >= 15 is 0 Å². The quantitative estimate of drug-likeness (QED) is 0.519. The topological polar surface area (TPSA) is 64.9 Å². The van der Waals surface area contributed by atoms with E-state index in [1.807, 2.05) is 4.68 Å². The van der Waals surface area contributed by atoms with Crippen LogP contribution < -0.4 is 5.32 Å². The van der Waals surface area contributed by atoms with Gasteiger partial charge in [-0.05, 0) is 22.9 Å². The number of tetrazole rings is 1. The molecule has 0 bridgehead atoms. The van der Waals surface area contributed by atoms with Crippen molar-refractivity contribution in [2.75, 3.05) is 32.6 Å². The third kappa shape index (κ3) is 5.99. The highest BCUT2D eigenvalue weighted by atomic mass is 32.2. The Hall–Kier alpha value is -0.660. The maximum absolute atomic E-state index is 4.99. The van der Waals surface area contributed by atoms with E-state index in [1.54, 1.807) is 18.9 Å². The minimum Gasteiger partial charge on any atom is -0.384 e. The van der Waals surface area contributed by atoms with Gasteiger partial charge in [0.1, 0.15) is 0 Å². The van der Waals surface area contributed by atoms with Crippen LogP contribution in [0.3, 0.4) is 0 Å². The number of hydrogen-bond donors (Lipinski definition) is 1. The van der Waals surface area contributed by atoms with Crippen molar-refractivity contribution in [1.29, 1.82) is 0 Å². The first-order chi connectivity index (χ1) is 8.24. The van der Waals surface area contributed by atoms with Gasteiger partial charge >= 0.3 is 0 Å². The molecule has 0 aliphatic carbocycles. The zero-order valence-electron chi connectivity index (χ0n) is 10.7. The number of methoxy groups -OCH3 is 1. The number of hydrogen-bond acceptors (Lipinski definition) is 6. The van der Waals surface area contributed by atoms with Crippen LogP contribution in [0.1, 0.15) is 13.8 Å². The van der Waals surface area contributed by atoms with E-state index in [0.29, 0.717) is 12.5 Å². The summed E-state index contributed by atoms with van der Waals surface area (Å²) < 4.78 is 6.82. The van der Waals surface area contributed by atoms with Crippen LogP contribution in [-0.2, 0) is 11.3 Å². The van der Waals surface area contributed by atoms with E-state index in [1.165, 1.54) is 0 Å². The van der Waals surface area contributed by atoms with Crippen LogP contribution in [-0.4, -0.2) is 52.8 Å². The Morgan fingerprint density at radius 3 is 3.00 bits per heavy atom. The van der Waals surface area contributed by atoms with Crippen LogP contribution in [0.2, 0.25) is 0 Å². The highest BCUT2D eigenvalue weighted by molar-refractivity contribution is 7.99. The standard InChI is InChI=1S/C10H21N5OS/c1-9(2)8-11-4-5-15-10(12-13-14-15)17-7-6-16-3/h9,11H,4-8H2,1-3H3. The summed E-state index contributed by atoms with van der Waals surface area (Å²) in [5, 5.41) is 15.9. The van der Waals surface area contributed by atoms with Gasteiger partial charge in [0, 0.05) is 19.4 Å². The van der Waals surface area contributed by atoms with Crippen molar-refractivity contribution in [3.05, 3.63) is 0 Å². The second kappa shape index (κ2) is 8.43. The van der Waals surface area contributed by atoms with Gasteiger partial charge in [0.05, 0.1) is 13.2 Å². The minimum atomic E-state index is 0.666. The molecule has 0 aliphatic heterocycles. The summed E-state index contributed by atoms with van der Waals surface area (Å²) in [4.78, 5) is 0. The maximum Gasteiger partial charge on any atom is 0.209 e. The molecule has 17 heavy (non-hydrogen) atoms. The van der Waals surface area contributed by atoms with Crippen molar-refractivity contribution in [1.82, 2.24) is 25.5 Å². The van der Waals surface area contributed by atoms with E-state index in [0.717, 1.165) is 30.5 Å². The van der Waals surface area contributed by atoms with Gasteiger partial charge in [-0.25, -0.2) is 4.68 Å². The minimum absolute atomic E-state index is 0.666. The summed E-state index contributed by atoms with van der Waals surface area (Å²) in [6.45, 7) is 7.81. The second-order valence-corrected chi connectivity index (χ2v) is 5.19. The molecule has 0 aliphatic rings. The molecule has 0 radical (unpaired) electrons. The van der Waals surface area contributed by atoms with Crippen molar-refractivity contribution in [3.63, 3.8) is 0 Å². The molecular weight excluding hydrogens is 238 g/mol. The van der Waals surface area contributed by atoms with Crippen molar-refractivity contribution in [2.24, 2.45) is 5.92 Å². The Bertz CT molecular complexity index is 305. The maximum atomic E-state index is 4.99. The van der Waals surface area contributed by atoms with E-state index in [9.17, 15) is 0 Å². The fraction of sp³-hybridized carbons (Fsp3) is 0.900. The number of rotatable bonds is 9.